The molecular weight excluding hydrogens is 416 g/mol. The second-order valence-electron chi connectivity index (χ2n) is 5.99. The van der Waals surface area contributed by atoms with Crippen LogP contribution in [0, 0.1) is 0 Å². The Bertz CT molecular complexity index is 1150. The van der Waals surface area contributed by atoms with Gasteiger partial charge in [-0.05, 0) is 18.2 Å². The topological polar surface area (TPSA) is 119 Å². The first-order chi connectivity index (χ1) is 13.8. The highest BCUT2D eigenvalue weighted by Crippen LogP contribution is 2.27. The third-order valence-corrected chi connectivity index (χ3v) is 5.59. The zero-order valence-electron chi connectivity index (χ0n) is 15.6. The number of methoxy groups -OCH3 is 1. The molecule has 0 saturated carbocycles. The van der Waals surface area contributed by atoms with Gasteiger partial charge in [-0.2, -0.15) is 0 Å². The van der Waals surface area contributed by atoms with Gasteiger partial charge in [-0.3, -0.25) is 13.6 Å². The molecule has 0 unspecified atom stereocenters. The van der Waals surface area contributed by atoms with Crippen LogP contribution >= 0.6 is 11.3 Å². The van der Waals surface area contributed by atoms with Gasteiger partial charge in [0.1, 0.15) is 5.75 Å². The van der Waals surface area contributed by atoms with E-state index in [-0.39, 0.29) is 12.1 Å². The van der Waals surface area contributed by atoms with Gasteiger partial charge in [0, 0.05) is 23.3 Å². The number of carbonyl (C=O) groups is 2. The van der Waals surface area contributed by atoms with Crippen LogP contribution in [-0.4, -0.2) is 49.1 Å². The van der Waals surface area contributed by atoms with Crippen molar-refractivity contribution in [3.05, 3.63) is 53.7 Å². The molecule has 0 bridgehead atoms. The van der Waals surface area contributed by atoms with E-state index in [9.17, 15) is 18.0 Å². The maximum atomic E-state index is 12.1. The largest absolute Gasteiger partial charge is 0.497 e. The molecule has 3 aromatic rings. The molecule has 3 rings (SSSR count). The van der Waals surface area contributed by atoms with Gasteiger partial charge in [-0.25, -0.2) is 13.4 Å². The number of rotatable bonds is 7. The SMILES string of the molecule is COc1cccc(-c2csc(NC(=O)CNC(=O)c3ccn(S(C)(=O)=O)c3)n2)c1. The number of thiazole rings is 1. The van der Waals surface area contributed by atoms with Crippen molar-refractivity contribution in [2.45, 2.75) is 0 Å². The minimum absolute atomic E-state index is 0.137. The molecule has 2 amide bonds. The van der Waals surface area contributed by atoms with E-state index in [0.29, 0.717) is 16.6 Å². The average molecular weight is 434 g/mol. The summed E-state index contributed by atoms with van der Waals surface area (Å²) < 4.78 is 29.0. The van der Waals surface area contributed by atoms with Gasteiger partial charge < -0.3 is 15.4 Å². The Labute approximate surface area is 171 Å². The Kier molecular flexibility index (Phi) is 5.99. The summed E-state index contributed by atoms with van der Waals surface area (Å²) in [6.07, 6.45) is 3.47. The van der Waals surface area contributed by atoms with Crippen LogP contribution in [0.5, 0.6) is 5.75 Å². The minimum Gasteiger partial charge on any atom is -0.497 e. The minimum atomic E-state index is -3.47. The third-order valence-electron chi connectivity index (χ3n) is 3.84. The summed E-state index contributed by atoms with van der Waals surface area (Å²) in [5.41, 5.74) is 1.68. The first-order valence-corrected chi connectivity index (χ1v) is 11.1. The first kappa shape index (κ1) is 20.6. The lowest BCUT2D eigenvalue weighted by Crippen LogP contribution is -2.32. The highest BCUT2D eigenvalue weighted by molar-refractivity contribution is 7.89. The molecule has 152 valence electrons. The smallest absolute Gasteiger partial charge is 0.253 e. The van der Waals surface area contributed by atoms with E-state index in [2.05, 4.69) is 15.6 Å². The quantitative estimate of drug-likeness (QED) is 0.585. The predicted molar refractivity (Wildman–Crippen MR) is 110 cm³/mol. The van der Waals surface area contributed by atoms with E-state index in [1.54, 1.807) is 12.5 Å². The number of hydrogen-bond donors (Lipinski definition) is 2. The van der Waals surface area contributed by atoms with Crippen LogP contribution in [0.2, 0.25) is 0 Å². The lowest BCUT2D eigenvalue weighted by atomic mass is 10.2. The Morgan fingerprint density at radius 1 is 1.28 bits per heavy atom. The zero-order valence-corrected chi connectivity index (χ0v) is 17.2. The van der Waals surface area contributed by atoms with Crippen molar-refractivity contribution in [2.24, 2.45) is 0 Å². The zero-order chi connectivity index (χ0) is 21.0. The van der Waals surface area contributed by atoms with Crippen LogP contribution in [0.15, 0.2) is 48.1 Å². The lowest BCUT2D eigenvalue weighted by Gasteiger charge is -2.04. The molecule has 0 radical (unpaired) electrons. The molecule has 0 fully saturated rings. The predicted octanol–water partition coefficient (Wildman–Crippen LogP) is 1.80. The molecule has 2 aromatic heterocycles. The van der Waals surface area contributed by atoms with Crippen molar-refractivity contribution < 1.29 is 22.7 Å². The fourth-order valence-electron chi connectivity index (χ4n) is 2.39. The van der Waals surface area contributed by atoms with E-state index in [0.717, 1.165) is 15.8 Å². The highest BCUT2D eigenvalue weighted by atomic mass is 32.2. The van der Waals surface area contributed by atoms with Crippen molar-refractivity contribution in [1.82, 2.24) is 14.3 Å². The van der Waals surface area contributed by atoms with Crippen LogP contribution in [0.3, 0.4) is 0 Å². The number of benzene rings is 1. The summed E-state index contributed by atoms with van der Waals surface area (Å²) in [5.74, 6) is -0.306. The van der Waals surface area contributed by atoms with E-state index in [1.807, 2.05) is 24.3 Å². The molecule has 1 aromatic carbocycles. The van der Waals surface area contributed by atoms with E-state index in [4.69, 9.17) is 4.74 Å². The van der Waals surface area contributed by atoms with Crippen LogP contribution in [0.1, 0.15) is 10.4 Å². The molecule has 9 nitrogen and oxygen atoms in total. The lowest BCUT2D eigenvalue weighted by molar-refractivity contribution is -0.115. The van der Waals surface area contributed by atoms with Gasteiger partial charge in [0.25, 0.3) is 5.91 Å². The van der Waals surface area contributed by atoms with Crippen LogP contribution < -0.4 is 15.4 Å². The summed E-state index contributed by atoms with van der Waals surface area (Å²) in [6.45, 7) is -0.281. The number of carbonyl (C=O) groups excluding carboxylic acids is 2. The summed E-state index contributed by atoms with van der Waals surface area (Å²) in [6, 6.07) is 8.74. The molecule has 0 aliphatic carbocycles. The maximum Gasteiger partial charge on any atom is 0.253 e. The summed E-state index contributed by atoms with van der Waals surface area (Å²) in [5, 5.41) is 7.25. The standard InChI is InChI=1S/C18H18N4O5S2/c1-27-14-5-3-4-12(8-14)15-11-28-18(20-15)21-16(23)9-19-17(24)13-6-7-22(10-13)29(2,25)26/h3-8,10-11H,9H2,1-2H3,(H,19,24)(H,20,21,23). The second-order valence-corrected chi connectivity index (χ2v) is 8.74. The number of nitrogens with zero attached hydrogens (tertiary/aromatic N) is 2. The van der Waals surface area contributed by atoms with Crippen molar-refractivity contribution in [1.29, 1.82) is 0 Å². The average Bonchev–Trinajstić information content (AvgIpc) is 3.36. The van der Waals surface area contributed by atoms with Crippen molar-refractivity contribution in [3.63, 3.8) is 0 Å². The van der Waals surface area contributed by atoms with Gasteiger partial charge in [-0.1, -0.05) is 12.1 Å². The summed E-state index contributed by atoms with van der Waals surface area (Å²) in [7, 11) is -1.89. The molecule has 0 aliphatic heterocycles. The molecule has 0 aliphatic rings. The molecular formula is C18H18N4O5S2. The van der Waals surface area contributed by atoms with E-state index >= 15 is 0 Å². The fourth-order valence-corrected chi connectivity index (χ4v) is 3.71. The van der Waals surface area contributed by atoms with Gasteiger partial charge in [0.15, 0.2) is 5.13 Å². The van der Waals surface area contributed by atoms with Gasteiger partial charge in [-0.15, -0.1) is 11.3 Å². The summed E-state index contributed by atoms with van der Waals surface area (Å²) >= 11 is 1.26. The number of anilines is 1. The highest BCUT2D eigenvalue weighted by Gasteiger charge is 2.14. The maximum absolute atomic E-state index is 12.1. The molecule has 0 saturated heterocycles. The van der Waals surface area contributed by atoms with Crippen molar-refractivity contribution in [2.75, 3.05) is 25.2 Å². The Morgan fingerprint density at radius 2 is 2.07 bits per heavy atom. The van der Waals surface area contributed by atoms with Crippen LogP contribution in [0.25, 0.3) is 11.3 Å². The van der Waals surface area contributed by atoms with Crippen molar-refractivity contribution >= 4 is 38.3 Å². The van der Waals surface area contributed by atoms with Gasteiger partial charge in [0.2, 0.25) is 15.9 Å². The Balaban J connectivity index is 1.56. The van der Waals surface area contributed by atoms with E-state index in [1.165, 1.54) is 29.8 Å². The van der Waals surface area contributed by atoms with Crippen LogP contribution in [-0.2, 0) is 14.8 Å². The monoisotopic (exact) mass is 434 g/mol. The number of aromatic nitrogens is 2. The number of amides is 2. The first-order valence-electron chi connectivity index (χ1n) is 8.33. The number of nitrogens with one attached hydrogen (secondary N) is 2. The molecule has 0 spiro atoms. The number of ether oxygens (including phenoxy) is 1. The fraction of sp³-hybridized carbons (Fsp3) is 0.167. The molecule has 29 heavy (non-hydrogen) atoms. The molecule has 0 atom stereocenters. The van der Waals surface area contributed by atoms with Gasteiger partial charge in [0.05, 0.1) is 31.2 Å². The van der Waals surface area contributed by atoms with E-state index < -0.39 is 21.8 Å². The normalized spacial score (nSPS) is 11.1. The third kappa shape index (κ3) is 5.21. The van der Waals surface area contributed by atoms with Gasteiger partial charge >= 0.3 is 0 Å². The Hall–Kier alpha value is -3.18. The molecule has 2 heterocycles. The number of hydrogen-bond acceptors (Lipinski definition) is 7. The second kappa shape index (κ2) is 8.45. The van der Waals surface area contributed by atoms with Crippen molar-refractivity contribution in [3.8, 4) is 17.0 Å². The summed E-state index contributed by atoms with van der Waals surface area (Å²) in [4.78, 5) is 28.5. The Morgan fingerprint density at radius 3 is 2.76 bits per heavy atom. The molecule has 11 heteroatoms. The van der Waals surface area contributed by atoms with Crippen LogP contribution in [0.4, 0.5) is 5.13 Å². The molecule has 2 N–H and O–H groups in total.